The number of ether oxygens (including phenoxy) is 2. The number of aryl methyl sites for hydroxylation is 1. The standard InChI is InChI=1S/C36H34NO6P/c1-4-41-35(39)31-30-32(28-23-15-16-24-29(28)37(3)34(30)38)43-44(25-17-9-6-10-18-25,26-19-11-7-12-20-26,27-21-13-8-14-22-27)33(31)36(40)42-5-2/h6-24,31,33H,4-5H2,1-3H3/t31-,33-/m0/s1. The molecule has 1 aromatic heterocycles. The van der Waals surface area contributed by atoms with Gasteiger partial charge in [0.1, 0.15) is 0 Å². The Hall–Kier alpha value is -4.74. The summed E-state index contributed by atoms with van der Waals surface area (Å²) in [5.74, 6) is -2.38. The van der Waals surface area contributed by atoms with Crippen LogP contribution in [0.15, 0.2) is 120 Å². The van der Waals surface area contributed by atoms with E-state index in [0.717, 1.165) is 15.9 Å². The number of fused-ring (bicyclic) bond motifs is 3. The van der Waals surface area contributed by atoms with E-state index in [1.54, 1.807) is 20.9 Å². The third kappa shape index (κ3) is 4.03. The number of pyridine rings is 1. The molecular weight excluding hydrogens is 573 g/mol. The number of nitrogens with zero attached hydrogens (tertiary/aromatic N) is 1. The Bertz CT molecular complexity index is 1810. The van der Waals surface area contributed by atoms with E-state index in [2.05, 4.69) is 0 Å². The predicted octanol–water partition coefficient (Wildman–Crippen LogP) is 4.95. The summed E-state index contributed by atoms with van der Waals surface area (Å²) in [5, 5.41) is 2.81. The van der Waals surface area contributed by atoms with Crippen molar-refractivity contribution in [3.63, 3.8) is 0 Å². The molecule has 0 unspecified atom stereocenters. The fraction of sp³-hybridized carbons (Fsp3) is 0.194. The fourth-order valence-corrected chi connectivity index (χ4v) is 13.3. The van der Waals surface area contributed by atoms with E-state index >= 15 is 0 Å². The number of hydrogen-bond donors (Lipinski definition) is 0. The average molecular weight is 608 g/mol. The molecule has 0 spiro atoms. The van der Waals surface area contributed by atoms with Gasteiger partial charge in [-0.3, -0.25) is 0 Å². The van der Waals surface area contributed by atoms with Crippen molar-refractivity contribution in [3.8, 4) is 5.75 Å². The van der Waals surface area contributed by atoms with Crippen LogP contribution >= 0.6 is 6.83 Å². The summed E-state index contributed by atoms with van der Waals surface area (Å²) in [6, 6.07) is 36.2. The zero-order valence-electron chi connectivity index (χ0n) is 24.9. The van der Waals surface area contributed by atoms with E-state index in [0.29, 0.717) is 10.9 Å². The summed E-state index contributed by atoms with van der Waals surface area (Å²) in [4.78, 5) is 43.5. The summed E-state index contributed by atoms with van der Waals surface area (Å²) >= 11 is 0. The van der Waals surface area contributed by atoms with Gasteiger partial charge in [0.15, 0.2) is 0 Å². The maximum absolute atomic E-state index is 14.7. The van der Waals surface area contributed by atoms with Crippen LogP contribution < -0.4 is 26.0 Å². The van der Waals surface area contributed by atoms with Gasteiger partial charge < -0.3 is 0 Å². The van der Waals surface area contributed by atoms with Gasteiger partial charge in [-0.1, -0.05) is 0 Å². The van der Waals surface area contributed by atoms with Crippen LogP contribution in [0.1, 0.15) is 25.3 Å². The van der Waals surface area contributed by atoms with E-state index in [4.69, 9.17) is 14.0 Å². The van der Waals surface area contributed by atoms with Crippen molar-refractivity contribution < 1.29 is 23.6 Å². The van der Waals surface area contributed by atoms with Crippen LogP contribution in [0, 0.1) is 0 Å². The molecule has 8 heteroatoms. The monoisotopic (exact) mass is 607 g/mol. The average Bonchev–Trinajstić information content (AvgIpc) is 3.07. The summed E-state index contributed by atoms with van der Waals surface area (Å²) < 4.78 is 20.7. The number of para-hydroxylation sites is 1. The van der Waals surface area contributed by atoms with Crippen molar-refractivity contribution in [1.82, 2.24) is 4.57 Å². The topological polar surface area (TPSA) is 83.8 Å². The number of hydrogen-bond acceptors (Lipinski definition) is 6. The van der Waals surface area contributed by atoms with Crippen molar-refractivity contribution in [2.45, 2.75) is 25.4 Å². The summed E-state index contributed by atoms with van der Waals surface area (Å²) in [6.07, 6.45) is 0. The fourth-order valence-electron chi connectivity index (χ4n) is 6.85. The first-order valence-corrected chi connectivity index (χ1v) is 17.0. The van der Waals surface area contributed by atoms with Gasteiger partial charge in [0, 0.05) is 0 Å². The van der Waals surface area contributed by atoms with Gasteiger partial charge in [-0.2, -0.15) is 0 Å². The second-order valence-corrected chi connectivity index (χ2v) is 15.2. The Kier molecular flexibility index (Phi) is 7.60. The number of carbonyl (C=O) groups excluding carboxylic acids is 2. The van der Waals surface area contributed by atoms with Crippen LogP contribution in [-0.4, -0.2) is 35.4 Å². The molecule has 0 amide bonds. The molecule has 0 radical (unpaired) electrons. The normalized spacial score (nSPS) is 19.0. The third-order valence-electron chi connectivity index (χ3n) is 8.60. The Morgan fingerprint density at radius 1 is 0.705 bits per heavy atom. The molecule has 0 N–H and O–H groups in total. The van der Waals surface area contributed by atoms with E-state index in [1.807, 2.05) is 115 Å². The van der Waals surface area contributed by atoms with Crippen LogP contribution in [0.5, 0.6) is 5.75 Å². The van der Waals surface area contributed by atoms with Crippen molar-refractivity contribution in [3.05, 3.63) is 131 Å². The van der Waals surface area contributed by atoms with E-state index in [-0.39, 0.29) is 24.5 Å². The summed E-state index contributed by atoms with van der Waals surface area (Å²) in [5.41, 5.74) is -0.991. The molecule has 0 bridgehead atoms. The van der Waals surface area contributed by atoms with Gasteiger partial charge in [0.05, 0.1) is 0 Å². The van der Waals surface area contributed by atoms with Gasteiger partial charge >= 0.3 is 256 Å². The molecule has 2 heterocycles. The summed E-state index contributed by atoms with van der Waals surface area (Å²) in [6.45, 7) is -1.06. The molecule has 1 aliphatic rings. The summed E-state index contributed by atoms with van der Waals surface area (Å²) in [7, 11) is 1.66. The molecule has 0 saturated heterocycles. The Morgan fingerprint density at radius 3 is 1.66 bits per heavy atom. The van der Waals surface area contributed by atoms with Crippen LogP contribution in [-0.2, 0) is 26.1 Å². The van der Waals surface area contributed by atoms with Gasteiger partial charge in [-0.15, -0.1) is 0 Å². The number of carbonyl (C=O) groups is 2. The molecule has 5 aromatic rings. The molecule has 6 rings (SSSR count). The van der Waals surface area contributed by atoms with Gasteiger partial charge in [0.25, 0.3) is 0 Å². The molecule has 2 atom stereocenters. The zero-order valence-corrected chi connectivity index (χ0v) is 25.8. The van der Waals surface area contributed by atoms with Gasteiger partial charge in [0.2, 0.25) is 0 Å². The van der Waals surface area contributed by atoms with E-state index in [1.165, 1.54) is 4.57 Å². The SMILES string of the molecule is CCOC(=O)[C@@H]1[C@@H](C(=O)OCC)c2c(c3ccccc3n(C)c2=O)OP1(c1ccccc1)(c1ccccc1)c1ccccc1. The number of esters is 2. The molecule has 44 heavy (non-hydrogen) atoms. The number of aromatic nitrogens is 1. The van der Waals surface area contributed by atoms with E-state index < -0.39 is 35.9 Å². The second kappa shape index (κ2) is 11.4. The Morgan fingerprint density at radius 2 is 1.16 bits per heavy atom. The predicted molar refractivity (Wildman–Crippen MR) is 175 cm³/mol. The maximum atomic E-state index is 14.7. The molecule has 0 aliphatic carbocycles. The molecular formula is C36H34NO6P. The van der Waals surface area contributed by atoms with Gasteiger partial charge in [-0.25, -0.2) is 0 Å². The van der Waals surface area contributed by atoms with Crippen molar-refractivity contribution in [2.24, 2.45) is 7.05 Å². The zero-order chi connectivity index (χ0) is 30.9. The van der Waals surface area contributed by atoms with Crippen LogP contribution in [0.25, 0.3) is 10.9 Å². The Labute approximate surface area is 256 Å². The first kappa shape index (κ1) is 29.3. The first-order chi connectivity index (χ1) is 21.4. The van der Waals surface area contributed by atoms with Crippen LogP contribution in [0.3, 0.4) is 0 Å². The van der Waals surface area contributed by atoms with Crippen molar-refractivity contribution in [1.29, 1.82) is 0 Å². The van der Waals surface area contributed by atoms with Gasteiger partial charge in [-0.05, 0) is 0 Å². The molecule has 7 nitrogen and oxygen atoms in total. The number of rotatable bonds is 7. The molecule has 0 saturated carbocycles. The minimum absolute atomic E-state index is 0.0624. The molecule has 4 aromatic carbocycles. The van der Waals surface area contributed by atoms with E-state index in [9.17, 15) is 14.4 Å². The number of benzene rings is 4. The Balaban J connectivity index is 1.95. The van der Waals surface area contributed by atoms with Crippen LogP contribution in [0.2, 0.25) is 0 Å². The quantitative estimate of drug-likeness (QED) is 0.192. The second-order valence-electron chi connectivity index (χ2n) is 10.8. The minimum atomic E-state index is -4.63. The van der Waals surface area contributed by atoms with Crippen molar-refractivity contribution in [2.75, 3.05) is 13.2 Å². The third-order valence-corrected chi connectivity index (χ3v) is 14.7. The molecule has 224 valence electrons. The molecule has 1 aliphatic heterocycles. The first-order valence-electron chi connectivity index (χ1n) is 14.7. The van der Waals surface area contributed by atoms with Crippen molar-refractivity contribution >= 4 is 45.6 Å². The molecule has 0 fully saturated rings. The van der Waals surface area contributed by atoms with Crippen LogP contribution in [0.4, 0.5) is 0 Å².